The van der Waals surface area contributed by atoms with Crippen LogP contribution < -0.4 is 10.6 Å². The third kappa shape index (κ3) is 3.41. The third-order valence-electron chi connectivity index (χ3n) is 4.99. The number of anilines is 2. The standard InChI is InChI=1S/C23H22N6O/c1-14(2)25-23(30)22-10-15-3-5-19(11-21(15)27-22)29-8-7-18(13-29)26-17-4-6-20-16(9-17)12-24-28-20/h3-14,26-27H,1-2H3,(H,24,28)(H,25,30). The molecule has 5 aromatic rings. The number of aromatic nitrogens is 4. The van der Waals surface area contributed by atoms with Crippen molar-refractivity contribution in [2.45, 2.75) is 19.9 Å². The molecule has 1 amide bonds. The smallest absolute Gasteiger partial charge is 0.267 e. The van der Waals surface area contributed by atoms with Gasteiger partial charge in [0.15, 0.2) is 0 Å². The molecule has 3 aromatic heterocycles. The minimum Gasteiger partial charge on any atom is -0.354 e. The lowest BCUT2D eigenvalue weighted by Crippen LogP contribution is -2.30. The average molecular weight is 398 g/mol. The van der Waals surface area contributed by atoms with E-state index in [2.05, 4.69) is 31.9 Å². The van der Waals surface area contributed by atoms with Gasteiger partial charge >= 0.3 is 0 Å². The Bertz CT molecular complexity index is 1360. The SMILES string of the molecule is CC(C)NC(=O)c1cc2ccc(-n3ccc(Nc4ccc5[nH]ncc5c4)c3)cc2[nH]1. The number of rotatable bonds is 5. The number of nitrogens with zero attached hydrogens (tertiary/aromatic N) is 2. The van der Waals surface area contributed by atoms with E-state index in [-0.39, 0.29) is 11.9 Å². The molecule has 30 heavy (non-hydrogen) atoms. The van der Waals surface area contributed by atoms with Gasteiger partial charge < -0.3 is 20.2 Å². The molecule has 2 aromatic carbocycles. The molecule has 4 N–H and O–H groups in total. The Labute approximate surface area is 173 Å². The van der Waals surface area contributed by atoms with Gasteiger partial charge in [-0.3, -0.25) is 9.89 Å². The minimum atomic E-state index is -0.0928. The Morgan fingerprint density at radius 3 is 2.77 bits per heavy atom. The first-order valence-corrected chi connectivity index (χ1v) is 9.87. The van der Waals surface area contributed by atoms with Crippen molar-refractivity contribution >= 4 is 39.1 Å². The van der Waals surface area contributed by atoms with E-state index < -0.39 is 0 Å². The van der Waals surface area contributed by atoms with Crippen LogP contribution in [0.2, 0.25) is 0 Å². The van der Waals surface area contributed by atoms with Gasteiger partial charge in [0.1, 0.15) is 5.69 Å². The van der Waals surface area contributed by atoms with E-state index in [4.69, 9.17) is 0 Å². The molecule has 0 radical (unpaired) electrons. The van der Waals surface area contributed by atoms with Gasteiger partial charge in [0.25, 0.3) is 5.91 Å². The summed E-state index contributed by atoms with van der Waals surface area (Å²) in [7, 11) is 0. The van der Waals surface area contributed by atoms with Crippen molar-refractivity contribution in [2.75, 3.05) is 5.32 Å². The number of nitrogens with one attached hydrogen (secondary N) is 4. The molecule has 7 nitrogen and oxygen atoms in total. The summed E-state index contributed by atoms with van der Waals surface area (Å²) in [5.74, 6) is -0.0928. The molecular formula is C23H22N6O. The van der Waals surface area contributed by atoms with Crippen LogP contribution >= 0.6 is 0 Å². The van der Waals surface area contributed by atoms with E-state index in [0.717, 1.165) is 38.9 Å². The Morgan fingerprint density at radius 1 is 1.00 bits per heavy atom. The summed E-state index contributed by atoms with van der Waals surface area (Å²) in [4.78, 5) is 15.5. The van der Waals surface area contributed by atoms with Gasteiger partial charge in [-0.25, -0.2) is 0 Å². The predicted molar refractivity (Wildman–Crippen MR) is 120 cm³/mol. The van der Waals surface area contributed by atoms with Crippen molar-refractivity contribution in [3.63, 3.8) is 0 Å². The number of aromatic amines is 2. The fourth-order valence-corrected chi connectivity index (χ4v) is 3.56. The topological polar surface area (TPSA) is 90.5 Å². The number of amides is 1. The van der Waals surface area contributed by atoms with Gasteiger partial charge in [0.2, 0.25) is 0 Å². The van der Waals surface area contributed by atoms with Gasteiger partial charge in [-0.05, 0) is 56.3 Å². The molecule has 7 heteroatoms. The monoisotopic (exact) mass is 398 g/mol. The van der Waals surface area contributed by atoms with Crippen molar-refractivity contribution in [1.82, 2.24) is 25.1 Å². The van der Waals surface area contributed by atoms with Gasteiger partial charge in [0, 0.05) is 46.1 Å². The van der Waals surface area contributed by atoms with Gasteiger partial charge in [-0.15, -0.1) is 0 Å². The summed E-state index contributed by atoms with van der Waals surface area (Å²) >= 11 is 0. The van der Waals surface area contributed by atoms with Gasteiger partial charge in [0.05, 0.1) is 17.4 Å². The molecule has 0 aliphatic carbocycles. The first-order valence-electron chi connectivity index (χ1n) is 9.87. The Hall–Kier alpha value is -4.00. The average Bonchev–Trinajstić information content (AvgIpc) is 3.45. The molecule has 0 atom stereocenters. The fourth-order valence-electron chi connectivity index (χ4n) is 3.56. The van der Waals surface area contributed by atoms with E-state index in [1.807, 2.05) is 79.5 Å². The molecule has 0 bridgehead atoms. The number of hydrogen-bond acceptors (Lipinski definition) is 3. The molecule has 0 saturated carbocycles. The van der Waals surface area contributed by atoms with Gasteiger partial charge in [-0.2, -0.15) is 5.10 Å². The lowest BCUT2D eigenvalue weighted by Gasteiger charge is -2.06. The largest absolute Gasteiger partial charge is 0.354 e. The van der Waals surface area contributed by atoms with Crippen LogP contribution in [0.3, 0.4) is 0 Å². The summed E-state index contributed by atoms with van der Waals surface area (Å²) in [6, 6.07) is 16.2. The Balaban J connectivity index is 1.38. The fraction of sp³-hybridized carbons (Fsp3) is 0.130. The summed E-state index contributed by atoms with van der Waals surface area (Å²) in [5, 5.41) is 15.4. The molecule has 0 aliphatic heterocycles. The second-order valence-corrected chi connectivity index (χ2v) is 7.69. The molecule has 0 saturated heterocycles. The highest BCUT2D eigenvalue weighted by Gasteiger charge is 2.11. The number of benzene rings is 2. The van der Waals surface area contributed by atoms with Crippen molar-refractivity contribution in [3.05, 3.63) is 72.8 Å². The van der Waals surface area contributed by atoms with E-state index in [1.54, 1.807) is 0 Å². The van der Waals surface area contributed by atoms with Crippen LogP contribution in [-0.4, -0.2) is 31.7 Å². The zero-order valence-electron chi connectivity index (χ0n) is 16.7. The van der Waals surface area contributed by atoms with E-state index in [1.165, 1.54) is 0 Å². The molecular weight excluding hydrogens is 376 g/mol. The van der Waals surface area contributed by atoms with E-state index in [9.17, 15) is 4.79 Å². The normalized spacial score (nSPS) is 11.4. The summed E-state index contributed by atoms with van der Waals surface area (Å²) < 4.78 is 2.05. The molecule has 0 unspecified atom stereocenters. The molecule has 5 rings (SSSR count). The lowest BCUT2D eigenvalue weighted by atomic mass is 10.2. The van der Waals surface area contributed by atoms with Crippen LogP contribution in [0.25, 0.3) is 27.5 Å². The van der Waals surface area contributed by atoms with Crippen molar-refractivity contribution < 1.29 is 4.79 Å². The molecule has 0 spiro atoms. The quantitative estimate of drug-likeness (QED) is 0.345. The number of hydrogen-bond donors (Lipinski definition) is 4. The predicted octanol–water partition coefficient (Wildman–Crippen LogP) is 4.72. The zero-order valence-corrected chi connectivity index (χ0v) is 16.7. The summed E-state index contributed by atoms with van der Waals surface area (Å²) in [5.41, 5.74) is 5.51. The summed E-state index contributed by atoms with van der Waals surface area (Å²) in [6.45, 7) is 3.90. The highest BCUT2D eigenvalue weighted by atomic mass is 16.1. The van der Waals surface area contributed by atoms with Crippen LogP contribution in [0.5, 0.6) is 0 Å². The van der Waals surface area contributed by atoms with Crippen LogP contribution in [0.4, 0.5) is 11.4 Å². The van der Waals surface area contributed by atoms with Crippen LogP contribution in [-0.2, 0) is 0 Å². The highest BCUT2D eigenvalue weighted by molar-refractivity contribution is 5.98. The maximum absolute atomic E-state index is 12.3. The second-order valence-electron chi connectivity index (χ2n) is 7.69. The Morgan fingerprint density at radius 2 is 1.90 bits per heavy atom. The maximum atomic E-state index is 12.3. The first-order chi connectivity index (χ1) is 14.5. The molecule has 0 aliphatic rings. The van der Waals surface area contributed by atoms with E-state index >= 15 is 0 Å². The number of fused-ring (bicyclic) bond motifs is 2. The lowest BCUT2D eigenvalue weighted by molar-refractivity contribution is 0.0939. The molecule has 0 fully saturated rings. The van der Waals surface area contributed by atoms with Crippen LogP contribution in [0, 0.1) is 0 Å². The Kier molecular flexibility index (Phi) is 4.28. The van der Waals surface area contributed by atoms with Crippen molar-refractivity contribution in [3.8, 4) is 5.69 Å². The third-order valence-corrected chi connectivity index (χ3v) is 4.99. The summed E-state index contributed by atoms with van der Waals surface area (Å²) in [6.07, 6.45) is 5.86. The van der Waals surface area contributed by atoms with Crippen molar-refractivity contribution in [2.24, 2.45) is 0 Å². The molecule has 3 heterocycles. The van der Waals surface area contributed by atoms with Gasteiger partial charge in [-0.1, -0.05) is 6.07 Å². The minimum absolute atomic E-state index is 0.0928. The van der Waals surface area contributed by atoms with Crippen LogP contribution in [0.15, 0.2) is 67.1 Å². The number of H-pyrrole nitrogens is 2. The van der Waals surface area contributed by atoms with Crippen molar-refractivity contribution in [1.29, 1.82) is 0 Å². The zero-order chi connectivity index (χ0) is 20.7. The number of carbonyl (C=O) groups is 1. The first kappa shape index (κ1) is 18.1. The number of carbonyl (C=O) groups excluding carboxylic acids is 1. The second kappa shape index (κ2) is 7.11. The maximum Gasteiger partial charge on any atom is 0.267 e. The van der Waals surface area contributed by atoms with Crippen LogP contribution in [0.1, 0.15) is 24.3 Å². The van der Waals surface area contributed by atoms with E-state index in [0.29, 0.717) is 5.69 Å². The highest BCUT2D eigenvalue weighted by Crippen LogP contribution is 2.24. The molecule has 150 valence electrons.